The summed E-state index contributed by atoms with van der Waals surface area (Å²) >= 11 is 0. The van der Waals surface area contributed by atoms with E-state index >= 15 is 0 Å². The van der Waals surface area contributed by atoms with Crippen LogP contribution in [-0.4, -0.2) is 12.6 Å². The minimum Gasteiger partial charge on any atom is -0.462 e. The van der Waals surface area contributed by atoms with E-state index in [4.69, 9.17) is 4.74 Å². The van der Waals surface area contributed by atoms with E-state index in [1.54, 1.807) is 0 Å². The first-order valence-corrected chi connectivity index (χ1v) is 5.80. The number of hydrogen-bond acceptors (Lipinski definition) is 2. The molecule has 92 valence electrons. The van der Waals surface area contributed by atoms with E-state index in [0.717, 1.165) is 0 Å². The predicted octanol–water partition coefficient (Wildman–Crippen LogP) is 3.68. The minimum absolute atomic E-state index is 0.0293. The summed E-state index contributed by atoms with van der Waals surface area (Å²) in [6, 6.07) is 10.2. The van der Waals surface area contributed by atoms with Gasteiger partial charge in [-0.05, 0) is 22.6 Å². The molecule has 0 aliphatic rings. The van der Waals surface area contributed by atoms with Gasteiger partial charge in [0.25, 0.3) is 0 Å². The van der Waals surface area contributed by atoms with Gasteiger partial charge in [0.05, 0.1) is 0 Å². The summed E-state index contributed by atoms with van der Waals surface area (Å²) in [6.07, 6.45) is 1.98. The number of esters is 1. The highest BCUT2D eigenvalue weighted by molar-refractivity contribution is 5.70. The molecule has 0 atom stereocenters. The van der Waals surface area contributed by atoms with Gasteiger partial charge in [-0.15, -0.1) is 0 Å². The number of rotatable bonds is 3. The molecule has 0 aliphatic carbocycles. The van der Waals surface area contributed by atoms with Gasteiger partial charge in [-0.1, -0.05) is 51.1 Å². The fourth-order valence-corrected chi connectivity index (χ4v) is 1.72. The maximum atomic E-state index is 10.8. The molecule has 0 fully saturated rings. The average molecular weight is 232 g/mol. The Morgan fingerprint density at radius 2 is 1.82 bits per heavy atom. The van der Waals surface area contributed by atoms with E-state index < -0.39 is 0 Å². The van der Waals surface area contributed by atoms with E-state index in [-0.39, 0.29) is 11.4 Å². The zero-order valence-electron chi connectivity index (χ0n) is 11.0. The topological polar surface area (TPSA) is 26.3 Å². The zero-order valence-corrected chi connectivity index (χ0v) is 11.0. The van der Waals surface area contributed by atoms with E-state index in [1.165, 1.54) is 18.1 Å². The minimum atomic E-state index is -0.248. The molecule has 1 aromatic carbocycles. The van der Waals surface area contributed by atoms with Crippen LogP contribution in [0.25, 0.3) is 5.57 Å². The Morgan fingerprint density at radius 3 is 2.29 bits per heavy atom. The van der Waals surface area contributed by atoms with Crippen molar-refractivity contribution in [1.82, 2.24) is 0 Å². The molecule has 2 nitrogen and oxygen atoms in total. The SMILES string of the molecule is CC(=O)OC/C=C(/c1ccccc1)C(C)(C)C. The Labute approximate surface area is 103 Å². The monoisotopic (exact) mass is 232 g/mol. The molecule has 1 rings (SSSR count). The standard InChI is InChI=1S/C15H20O2/c1-12(16)17-11-10-14(15(2,3)4)13-8-6-5-7-9-13/h5-10H,11H2,1-4H3/b14-10-. The van der Waals surface area contributed by atoms with Gasteiger partial charge >= 0.3 is 5.97 Å². The maximum absolute atomic E-state index is 10.8. The van der Waals surface area contributed by atoms with Crippen molar-refractivity contribution in [1.29, 1.82) is 0 Å². The fraction of sp³-hybridized carbons (Fsp3) is 0.400. The van der Waals surface area contributed by atoms with Gasteiger partial charge in [-0.2, -0.15) is 0 Å². The van der Waals surface area contributed by atoms with Crippen LogP contribution < -0.4 is 0 Å². The molecule has 0 N–H and O–H groups in total. The Hall–Kier alpha value is -1.57. The van der Waals surface area contributed by atoms with Gasteiger partial charge in [-0.25, -0.2) is 0 Å². The maximum Gasteiger partial charge on any atom is 0.302 e. The molecule has 0 aromatic heterocycles. The van der Waals surface area contributed by atoms with Crippen LogP contribution in [0.5, 0.6) is 0 Å². The quantitative estimate of drug-likeness (QED) is 0.743. The molecule has 0 unspecified atom stereocenters. The van der Waals surface area contributed by atoms with Gasteiger partial charge in [0.15, 0.2) is 0 Å². The van der Waals surface area contributed by atoms with Crippen molar-refractivity contribution in [2.75, 3.05) is 6.61 Å². The number of allylic oxidation sites excluding steroid dienone is 1. The lowest BCUT2D eigenvalue weighted by Gasteiger charge is -2.23. The van der Waals surface area contributed by atoms with Gasteiger partial charge in [0.1, 0.15) is 6.61 Å². The predicted molar refractivity (Wildman–Crippen MR) is 70.5 cm³/mol. The Kier molecular flexibility index (Phi) is 4.50. The summed E-state index contributed by atoms with van der Waals surface area (Å²) in [5.74, 6) is -0.248. The first kappa shape index (κ1) is 13.5. The van der Waals surface area contributed by atoms with Gasteiger partial charge in [0.2, 0.25) is 0 Å². The molecule has 17 heavy (non-hydrogen) atoms. The largest absolute Gasteiger partial charge is 0.462 e. The third kappa shape index (κ3) is 4.43. The van der Waals surface area contributed by atoms with Gasteiger partial charge < -0.3 is 4.74 Å². The molecule has 1 aromatic rings. The van der Waals surface area contributed by atoms with Crippen molar-refractivity contribution in [2.45, 2.75) is 27.7 Å². The normalized spacial score (nSPS) is 12.4. The molecule has 0 radical (unpaired) electrons. The second-order valence-electron chi connectivity index (χ2n) is 5.04. The molecular weight excluding hydrogens is 212 g/mol. The van der Waals surface area contributed by atoms with Crippen molar-refractivity contribution in [3.05, 3.63) is 42.0 Å². The average Bonchev–Trinajstić information content (AvgIpc) is 2.23. The highest BCUT2D eigenvalue weighted by atomic mass is 16.5. The second kappa shape index (κ2) is 5.67. The van der Waals surface area contributed by atoms with E-state index in [2.05, 4.69) is 32.9 Å². The smallest absolute Gasteiger partial charge is 0.302 e. The van der Waals surface area contributed by atoms with Crippen LogP contribution in [0.1, 0.15) is 33.3 Å². The van der Waals surface area contributed by atoms with E-state index in [1.807, 2.05) is 24.3 Å². The first-order valence-electron chi connectivity index (χ1n) is 5.80. The van der Waals surface area contributed by atoms with Gasteiger partial charge in [0, 0.05) is 6.92 Å². The summed E-state index contributed by atoms with van der Waals surface area (Å²) in [5, 5.41) is 0. The second-order valence-corrected chi connectivity index (χ2v) is 5.04. The van der Waals surface area contributed by atoms with E-state index in [9.17, 15) is 4.79 Å². The summed E-state index contributed by atoms with van der Waals surface area (Å²) in [4.78, 5) is 10.8. The highest BCUT2D eigenvalue weighted by Crippen LogP contribution is 2.33. The molecule has 2 heteroatoms. The molecular formula is C15H20O2. The molecule has 0 aliphatic heterocycles. The third-order valence-electron chi connectivity index (χ3n) is 2.47. The number of benzene rings is 1. The van der Waals surface area contributed by atoms with Crippen LogP contribution in [0.3, 0.4) is 0 Å². The Morgan fingerprint density at radius 1 is 1.24 bits per heavy atom. The summed E-state index contributed by atoms with van der Waals surface area (Å²) in [7, 11) is 0. The molecule has 0 bridgehead atoms. The Bertz CT molecular complexity index is 397. The lowest BCUT2D eigenvalue weighted by Crippen LogP contribution is -2.10. The lowest BCUT2D eigenvalue weighted by molar-refractivity contribution is -0.139. The summed E-state index contributed by atoms with van der Waals surface area (Å²) in [5.41, 5.74) is 2.40. The molecule has 0 amide bonds. The fourth-order valence-electron chi connectivity index (χ4n) is 1.72. The van der Waals surface area contributed by atoms with Crippen LogP contribution in [-0.2, 0) is 9.53 Å². The van der Waals surface area contributed by atoms with Crippen molar-refractivity contribution >= 4 is 11.5 Å². The molecule has 0 saturated heterocycles. The Balaban J connectivity index is 2.93. The zero-order chi connectivity index (χ0) is 12.9. The summed E-state index contributed by atoms with van der Waals surface area (Å²) in [6.45, 7) is 8.21. The van der Waals surface area contributed by atoms with Gasteiger partial charge in [-0.3, -0.25) is 4.79 Å². The molecule has 0 saturated carbocycles. The van der Waals surface area contributed by atoms with Crippen LogP contribution in [0.4, 0.5) is 0 Å². The van der Waals surface area contributed by atoms with Crippen LogP contribution in [0.15, 0.2) is 36.4 Å². The highest BCUT2D eigenvalue weighted by Gasteiger charge is 2.18. The van der Waals surface area contributed by atoms with Crippen LogP contribution >= 0.6 is 0 Å². The van der Waals surface area contributed by atoms with Crippen molar-refractivity contribution in [3.8, 4) is 0 Å². The van der Waals surface area contributed by atoms with Crippen LogP contribution in [0, 0.1) is 5.41 Å². The number of carbonyl (C=O) groups excluding carboxylic acids is 1. The lowest BCUT2D eigenvalue weighted by atomic mass is 9.82. The molecule has 0 spiro atoms. The van der Waals surface area contributed by atoms with Crippen molar-refractivity contribution in [2.24, 2.45) is 5.41 Å². The number of ether oxygens (including phenoxy) is 1. The summed E-state index contributed by atoms with van der Waals surface area (Å²) < 4.78 is 4.97. The third-order valence-corrected chi connectivity index (χ3v) is 2.47. The van der Waals surface area contributed by atoms with Crippen molar-refractivity contribution < 1.29 is 9.53 Å². The number of hydrogen-bond donors (Lipinski definition) is 0. The first-order chi connectivity index (χ1) is 7.91. The van der Waals surface area contributed by atoms with Crippen LogP contribution in [0.2, 0.25) is 0 Å². The molecule has 0 heterocycles. The number of carbonyl (C=O) groups is 1. The van der Waals surface area contributed by atoms with Crippen molar-refractivity contribution in [3.63, 3.8) is 0 Å². The van der Waals surface area contributed by atoms with E-state index in [0.29, 0.717) is 6.61 Å².